The molecule has 22 heavy (non-hydrogen) atoms. The van der Waals surface area contributed by atoms with Gasteiger partial charge in [-0.25, -0.2) is 0 Å². The molecule has 0 aliphatic heterocycles. The predicted octanol–water partition coefficient (Wildman–Crippen LogP) is 3.03. The van der Waals surface area contributed by atoms with E-state index < -0.39 is 0 Å². The minimum Gasteiger partial charge on any atom is -0.396 e. The molecule has 0 saturated heterocycles. The van der Waals surface area contributed by atoms with Crippen molar-refractivity contribution in [3.8, 4) is 11.3 Å². The smallest absolute Gasteiger partial charge is 0.0695 e. The molecule has 2 aromatic rings. The minimum absolute atomic E-state index is 0.00718. The van der Waals surface area contributed by atoms with Gasteiger partial charge in [-0.3, -0.25) is 5.10 Å². The lowest BCUT2D eigenvalue weighted by atomic mass is 9.85. The Labute approximate surface area is 132 Å². The Morgan fingerprint density at radius 3 is 3.09 bits per heavy atom. The van der Waals surface area contributed by atoms with Crippen molar-refractivity contribution >= 4 is 0 Å². The fourth-order valence-corrected chi connectivity index (χ4v) is 3.50. The molecule has 1 fully saturated rings. The lowest BCUT2D eigenvalue weighted by Gasteiger charge is -2.30. The van der Waals surface area contributed by atoms with E-state index in [0.717, 1.165) is 25.1 Å². The van der Waals surface area contributed by atoms with E-state index in [2.05, 4.69) is 53.6 Å². The Hall–Kier alpha value is -1.65. The summed E-state index contributed by atoms with van der Waals surface area (Å²) in [6.45, 7) is 5.30. The van der Waals surface area contributed by atoms with Gasteiger partial charge in [0.15, 0.2) is 0 Å². The molecule has 4 heteroatoms. The zero-order valence-electron chi connectivity index (χ0n) is 13.4. The summed E-state index contributed by atoms with van der Waals surface area (Å²) in [7, 11) is 0. The molecule has 1 heterocycles. The monoisotopic (exact) mass is 299 g/mol. The lowest BCUT2D eigenvalue weighted by molar-refractivity contribution is 0.118. The van der Waals surface area contributed by atoms with Crippen molar-refractivity contribution in [2.75, 3.05) is 6.61 Å². The van der Waals surface area contributed by atoms with Crippen molar-refractivity contribution in [2.24, 2.45) is 5.41 Å². The van der Waals surface area contributed by atoms with Gasteiger partial charge in [0.2, 0.25) is 0 Å². The molecule has 0 spiro atoms. The normalized spacial score (nSPS) is 24.8. The van der Waals surface area contributed by atoms with Crippen molar-refractivity contribution in [3.63, 3.8) is 0 Å². The van der Waals surface area contributed by atoms with Crippen LogP contribution in [0.4, 0.5) is 0 Å². The number of nitrogens with zero attached hydrogens (tertiary/aromatic N) is 1. The average Bonchev–Trinajstić information content (AvgIpc) is 3.12. The lowest BCUT2D eigenvalue weighted by Crippen LogP contribution is -2.41. The summed E-state index contributed by atoms with van der Waals surface area (Å²) < 4.78 is 0. The van der Waals surface area contributed by atoms with Crippen molar-refractivity contribution < 1.29 is 5.11 Å². The summed E-state index contributed by atoms with van der Waals surface area (Å²) >= 11 is 0. The first kappa shape index (κ1) is 15.3. The number of aliphatic hydroxyl groups excluding tert-OH is 1. The molecular weight excluding hydrogens is 274 g/mol. The van der Waals surface area contributed by atoms with Gasteiger partial charge in [0.05, 0.1) is 11.9 Å². The maximum Gasteiger partial charge on any atom is 0.0695 e. The van der Waals surface area contributed by atoms with Gasteiger partial charge in [-0.1, -0.05) is 37.1 Å². The van der Waals surface area contributed by atoms with Crippen LogP contribution < -0.4 is 5.32 Å². The summed E-state index contributed by atoms with van der Waals surface area (Å²) in [5.74, 6) is 0. The number of aromatic amines is 1. The van der Waals surface area contributed by atoms with E-state index in [1.165, 1.54) is 23.1 Å². The van der Waals surface area contributed by atoms with E-state index in [9.17, 15) is 5.11 Å². The summed E-state index contributed by atoms with van der Waals surface area (Å²) in [5.41, 5.74) is 4.69. The highest BCUT2D eigenvalue weighted by atomic mass is 16.3. The van der Waals surface area contributed by atoms with Gasteiger partial charge >= 0.3 is 0 Å². The molecule has 2 atom stereocenters. The van der Waals surface area contributed by atoms with Crippen LogP contribution in [-0.4, -0.2) is 28.0 Å². The Balaban J connectivity index is 1.73. The third kappa shape index (κ3) is 2.94. The number of aliphatic hydroxyl groups is 1. The second-order valence-corrected chi connectivity index (χ2v) is 6.78. The fraction of sp³-hybridized carbons (Fsp3) is 0.500. The van der Waals surface area contributed by atoms with Gasteiger partial charge in [-0.2, -0.15) is 5.10 Å². The molecule has 3 rings (SSSR count). The zero-order chi connectivity index (χ0) is 15.6. The van der Waals surface area contributed by atoms with Crippen LogP contribution in [0.3, 0.4) is 0 Å². The van der Waals surface area contributed by atoms with Gasteiger partial charge in [0.25, 0.3) is 0 Å². The molecule has 1 aliphatic carbocycles. The predicted molar refractivity (Wildman–Crippen MR) is 88.4 cm³/mol. The first-order valence-corrected chi connectivity index (χ1v) is 8.06. The first-order chi connectivity index (χ1) is 10.6. The highest BCUT2D eigenvalue weighted by Gasteiger charge is 2.37. The number of hydrogen-bond donors (Lipinski definition) is 3. The van der Waals surface area contributed by atoms with Crippen molar-refractivity contribution in [2.45, 2.75) is 45.7 Å². The van der Waals surface area contributed by atoms with Crippen LogP contribution in [0.15, 0.2) is 30.5 Å². The van der Waals surface area contributed by atoms with Crippen molar-refractivity contribution in [1.29, 1.82) is 0 Å². The second-order valence-electron chi connectivity index (χ2n) is 6.78. The number of H-pyrrole nitrogens is 1. The quantitative estimate of drug-likeness (QED) is 0.795. The molecule has 1 aromatic carbocycles. The number of benzene rings is 1. The SMILES string of the molecule is Cc1cccc(-c2[nH]ncc2CNC2CCCC2(C)CO)c1. The molecule has 3 N–H and O–H groups in total. The molecule has 1 aromatic heterocycles. The van der Waals surface area contributed by atoms with Crippen LogP contribution in [0, 0.1) is 12.3 Å². The number of nitrogens with one attached hydrogen (secondary N) is 2. The topological polar surface area (TPSA) is 60.9 Å². The third-order valence-corrected chi connectivity index (χ3v) is 5.01. The van der Waals surface area contributed by atoms with Gasteiger partial charge in [0, 0.05) is 35.7 Å². The van der Waals surface area contributed by atoms with E-state index in [1.807, 2.05) is 6.20 Å². The van der Waals surface area contributed by atoms with Crippen LogP contribution >= 0.6 is 0 Å². The zero-order valence-corrected chi connectivity index (χ0v) is 13.4. The van der Waals surface area contributed by atoms with E-state index in [1.54, 1.807) is 0 Å². The summed E-state index contributed by atoms with van der Waals surface area (Å²) in [6, 6.07) is 8.82. The molecule has 0 radical (unpaired) electrons. The van der Waals surface area contributed by atoms with Crippen LogP contribution in [-0.2, 0) is 6.54 Å². The molecule has 1 aliphatic rings. The van der Waals surface area contributed by atoms with Crippen LogP contribution in [0.5, 0.6) is 0 Å². The van der Waals surface area contributed by atoms with Gasteiger partial charge in [-0.15, -0.1) is 0 Å². The molecule has 118 valence electrons. The van der Waals surface area contributed by atoms with Crippen molar-refractivity contribution in [3.05, 3.63) is 41.6 Å². The standard InChI is InChI=1S/C18H25N3O/c1-13-5-3-6-14(9-13)17-15(11-20-21-17)10-19-16-7-4-8-18(16,2)12-22/h3,5-6,9,11,16,19,22H,4,7-8,10,12H2,1-2H3,(H,20,21). The molecule has 4 nitrogen and oxygen atoms in total. The van der Waals surface area contributed by atoms with Crippen LogP contribution in [0.2, 0.25) is 0 Å². The number of rotatable bonds is 5. The molecule has 0 amide bonds. The highest BCUT2D eigenvalue weighted by molar-refractivity contribution is 5.63. The second kappa shape index (κ2) is 6.23. The third-order valence-electron chi connectivity index (χ3n) is 5.01. The Bertz CT molecular complexity index is 637. The Kier molecular flexibility index (Phi) is 4.32. The van der Waals surface area contributed by atoms with E-state index in [4.69, 9.17) is 0 Å². The summed E-state index contributed by atoms with van der Waals surface area (Å²) in [5, 5.41) is 20.6. The van der Waals surface area contributed by atoms with Gasteiger partial charge < -0.3 is 10.4 Å². The average molecular weight is 299 g/mol. The van der Waals surface area contributed by atoms with E-state index >= 15 is 0 Å². The first-order valence-electron chi connectivity index (χ1n) is 8.06. The van der Waals surface area contributed by atoms with Crippen molar-refractivity contribution in [1.82, 2.24) is 15.5 Å². The Morgan fingerprint density at radius 2 is 2.32 bits per heavy atom. The highest BCUT2D eigenvalue weighted by Crippen LogP contribution is 2.37. The number of aryl methyl sites for hydroxylation is 1. The molecular formula is C18H25N3O. The van der Waals surface area contributed by atoms with Crippen LogP contribution in [0.1, 0.15) is 37.3 Å². The summed E-state index contributed by atoms with van der Waals surface area (Å²) in [6.07, 6.45) is 5.31. The fourth-order valence-electron chi connectivity index (χ4n) is 3.50. The summed E-state index contributed by atoms with van der Waals surface area (Å²) in [4.78, 5) is 0. The van der Waals surface area contributed by atoms with E-state index in [-0.39, 0.29) is 12.0 Å². The van der Waals surface area contributed by atoms with E-state index in [0.29, 0.717) is 6.04 Å². The van der Waals surface area contributed by atoms with Crippen LogP contribution in [0.25, 0.3) is 11.3 Å². The Morgan fingerprint density at radius 1 is 1.45 bits per heavy atom. The maximum atomic E-state index is 9.66. The molecule has 1 saturated carbocycles. The van der Waals surface area contributed by atoms with Gasteiger partial charge in [0.1, 0.15) is 0 Å². The van der Waals surface area contributed by atoms with Gasteiger partial charge in [-0.05, 0) is 25.8 Å². The largest absolute Gasteiger partial charge is 0.396 e. The molecule has 2 unspecified atom stereocenters. The number of hydrogen-bond acceptors (Lipinski definition) is 3. The minimum atomic E-state index is 0.00718. The molecule has 0 bridgehead atoms. The maximum absolute atomic E-state index is 9.66. The number of aromatic nitrogens is 2.